The number of amides is 1. The molecule has 0 radical (unpaired) electrons. The summed E-state index contributed by atoms with van der Waals surface area (Å²) in [5, 5.41) is 2.86. The van der Waals surface area contributed by atoms with Crippen LogP contribution in [0.5, 0.6) is 0 Å². The average molecular weight is 404 g/mol. The molecule has 0 unspecified atom stereocenters. The van der Waals surface area contributed by atoms with Gasteiger partial charge in [-0.15, -0.1) is 0 Å². The summed E-state index contributed by atoms with van der Waals surface area (Å²) in [5.74, 6) is -0.255. The van der Waals surface area contributed by atoms with Gasteiger partial charge in [-0.1, -0.05) is 83.3 Å². The molecule has 0 aliphatic rings. The summed E-state index contributed by atoms with van der Waals surface area (Å²) in [4.78, 5) is 23.7. The minimum absolute atomic E-state index is 0.0613. The van der Waals surface area contributed by atoms with E-state index in [1.807, 2.05) is 31.2 Å². The highest BCUT2D eigenvalue weighted by Gasteiger charge is 2.07. The van der Waals surface area contributed by atoms with E-state index in [1.165, 1.54) is 57.8 Å². The molecule has 1 N–H and O–H groups in total. The summed E-state index contributed by atoms with van der Waals surface area (Å²) in [6, 6.07) is 7.70. The molecule has 1 amide bonds. The minimum Gasteiger partial charge on any atom is -0.466 e. The monoisotopic (exact) mass is 403 g/mol. The zero-order valence-corrected chi connectivity index (χ0v) is 18.6. The number of hydrogen-bond donors (Lipinski definition) is 1. The van der Waals surface area contributed by atoms with E-state index >= 15 is 0 Å². The van der Waals surface area contributed by atoms with E-state index in [-0.39, 0.29) is 11.9 Å². The van der Waals surface area contributed by atoms with Crippen LogP contribution in [0.2, 0.25) is 0 Å². The molecule has 0 spiro atoms. The summed E-state index contributed by atoms with van der Waals surface area (Å²) >= 11 is 0. The molecule has 1 aromatic rings. The van der Waals surface area contributed by atoms with Crippen molar-refractivity contribution >= 4 is 17.6 Å². The Morgan fingerprint density at radius 3 is 2.07 bits per heavy atom. The number of carbonyl (C=O) groups is 2. The predicted molar refractivity (Wildman–Crippen MR) is 121 cm³/mol. The van der Waals surface area contributed by atoms with Gasteiger partial charge in [-0.25, -0.2) is 0 Å². The minimum atomic E-state index is -0.194. The molecule has 164 valence electrons. The van der Waals surface area contributed by atoms with E-state index in [9.17, 15) is 9.59 Å². The summed E-state index contributed by atoms with van der Waals surface area (Å²) in [6.07, 6.45) is 15.3. The number of unbranched alkanes of at least 4 members (excludes halogenated alkanes) is 10. The number of anilines is 1. The SMILES string of the molecule is CCCCCCCCCCCCCOC(=O)CCCC(=O)Nc1cccc(C)c1. The van der Waals surface area contributed by atoms with Gasteiger partial charge in [0.15, 0.2) is 0 Å². The van der Waals surface area contributed by atoms with Crippen molar-refractivity contribution in [2.24, 2.45) is 0 Å². The summed E-state index contributed by atoms with van der Waals surface area (Å²) in [7, 11) is 0. The largest absolute Gasteiger partial charge is 0.466 e. The van der Waals surface area contributed by atoms with E-state index in [0.717, 1.165) is 24.1 Å². The molecule has 0 bridgehead atoms. The van der Waals surface area contributed by atoms with Gasteiger partial charge < -0.3 is 10.1 Å². The quantitative estimate of drug-likeness (QED) is 0.226. The van der Waals surface area contributed by atoms with Gasteiger partial charge in [0.1, 0.15) is 0 Å². The molecule has 4 nitrogen and oxygen atoms in total. The summed E-state index contributed by atoms with van der Waals surface area (Å²) < 4.78 is 5.27. The second-order valence-corrected chi connectivity index (χ2v) is 8.03. The van der Waals surface area contributed by atoms with Crippen molar-refractivity contribution in [2.75, 3.05) is 11.9 Å². The molecular formula is C25H41NO3. The smallest absolute Gasteiger partial charge is 0.305 e. The van der Waals surface area contributed by atoms with E-state index < -0.39 is 0 Å². The highest BCUT2D eigenvalue weighted by molar-refractivity contribution is 5.90. The second-order valence-electron chi connectivity index (χ2n) is 8.03. The molecule has 0 heterocycles. The lowest BCUT2D eigenvalue weighted by molar-refractivity contribution is -0.143. The topological polar surface area (TPSA) is 55.4 Å². The van der Waals surface area contributed by atoms with Crippen LogP contribution in [-0.2, 0) is 14.3 Å². The molecule has 29 heavy (non-hydrogen) atoms. The van der Waals surface area contributed by atoms with Crippen LogP contribution in [0.15, 0.2) is 24.3 Å². The van der Waals surface area contributed by atoms with Gasteiger partial charge in [0, 0.05) is 18.5 Å². The second kappa shape index (κ2) is 17.1. The lowest BCUT2D eigenvalue weighted by atomic mass is 10.1. The molecule has 1 aromatic carbocycles. The summed E-state index contributed by atoms with van der Waals surface area (Å²) in [6.45, 7) is 4.75. The first-order chi connectivity index (χ1) is 14.1. The maximum atomic E-state index is 11.9. The van der Waals surface area contributed by atoms with Crippen molar-refractivity contribution in [3.63, 3.8) is 0 Å². The highest BCUT2D eigenvalue weighted by Crippen LogP contribution is 2.12. The Hall–Kier alpha value is -1.84. The Labute approximate surface area is 177 Å². The standard InChI is InChI=1S/C25H41NO3/c1-3-4-5-6-7-8-9-10-11-12-13-20-29-25(28)19-15-18-24(27)26-23-17-14-16-22(2)21-23/h14,16-17,21H,3-13,15,18-20H2,1-2H3,(H,26,27). The predicted octanol–water partition coefficient (Wildman–Crippen LogP) is 6.96. The Kier molecular flexibility index (Phi) is 14.8. The highest BCUT2D eigenvalue weighted by atomic mass is 16.5. The van der Waals surface area contributed by atoms with Gasteiger partial charge in [-0.05, 0) is 37.5 Å². The summed E-state index contributed by atoms with van der Waals surface area (Å²) in [5.41, 5.74) is 1.91. The van der Waals surface area contributed by atoms with Gasteiger partial charge in [0.25, 0.3) is 0 Å². The molecule has 1 rings (SSSR count). The first kappa shape index (κ1) is 25.2. The lowest BCUT2D eigenvalue weighted by Crippen LogP contribution is -2.13. The zero-order valence-electron chi connectivity index (χ0n) is 18.6. The van der Waals surface area contributed by atoms with Crippen molar-refractivity contribution in [2.45, 2.75) is 104 Å². The third-order valence-corrected chi connectivity index (χ3v) is 5.10. The lowest BCUT2D eigenvalue weighted by Gasteiger charge is -2.07. The number of carbonyl (C=O) groups excluding carboxylic acids is 2. The van der Waals surface area contributed by atoms with Crippen molar-refractivity contribution in [1.82, 2.24) is 0 Å². The van der Waals surface area contributed by atoms with Gasteiger partial charge >= 0.3 is 5.97 Å². The average Bonchev–Trinajstić information content (AvgIpc) is 2.69. The number of rotatable bonds is 17. The first-order valence-electron chi connectivity index (χ1n) is 11.6. The normalized spacial score (nSPS) is 10.7. The fourth-order valence-electron chi connectivity index (χ4n) is 3.36. The van der Waals surface area contributed by atoms with Gasteiger partial charge in [-0.2, -0.15) is 0 Å². The Morgan fingerprint density at radius 2 is 1.45 bits per heavy atom. The van der Waals surface area contributed by atoms with Crippen LogP contribution in [0.1, 0.15) is 102 Å². The number of nitrogens with one attached hydrogen (secondary N) is 1. The number of ether oxygens (including phenoxy) is 1. The van der Waals surface area contributed by atoms with E-state index in [0.29, 0.717) is 25.9 Å². The third kappa shape index (κ3) is 14.8. The van der Waals surface area contributed by atoms with Crippen molar-refractivity contribution < 1.29 is 14.3 Å². The molecular weight excluding hydrogens is 362 g/mol. The maximum Gasteiger partial charge on any atom is 0.305 e. The molecule has 0 fully saturated rings. The van der Waals surface area contributed by atoms with Gasteiger partial charge in [0.2, 0.25) is 5.91 Å². The van der Waals surface area contributed by atoms with Crippen molar-refractivity contribution in [3.8, 4) is 0 Å². The number of hydrogen-bond acceptors (Lipinski definition) is 3. The van der Waals surface area contributed by atoms with Crippen LogP contribution >= 0.6 is 0 Å². The molecule has 4 heteroatoms. The Balaban J connectivity index is 1.90. The number of benzene rings is 1. The zero-order chi connectivity index (χ0) is 21.2. The maximum absolute atomic E-state index is 11.9. The fraction of sp³-hybridized carbons (Fsp3) is 0.680. The first-order valence-corrected chi connectivity index (χ1v) is 11.6. The van der Waals surface area contributed by atoms with Crippen LogP contribution in [0.3, 0.4) is 0 Å². The molecule has 0 saturated carbocycles. The van der Waals surface area contributed by atoms with E-state index in [4.69, 9.17) is 4.74 Å². The molecule has 0 aliphatic carbocycles. The third-order valence-electron chi connectivity index (χ3n) is 5.10. The van der Waals surface area contributed by atoms with Crippen molar-refractivity contribution in [3.05, 3.63) is 29.8 Å². The molecule has 0 aromatic heterocycles. The van der Waals surface area contributed by atoms with Crippen LogP contribution in [0, 0.1) is 6.92 Å². The Morgan fingerprint density at radius 1 is 0.828 bits per heavy atom. The van der Waals surface area contributed by atoms with E-state index in [1.54, 1.807) is 0 Å². The Bertz CT molecular complexity index is 571. The molecule has 0 aliphatic heterocycles. The number of esters is 1. The number of aryl methyl sites for hydroxylation is 1. The van der Waals surface area contributed by atoms with Crippen LogP contribution < -0.4 is 5.32 Å². The van der Waals surface area contributed by atoms with Gasteiger partial charge in [-0.3, -0.25) is 9.59 Å². The van der Waals surface area contributed by atoms with Crippen molar-refractivity contribution in [1.29, 1.82) is 0 Å². The fourth-order valence-corrected chi connectivity index (χ4v) is 3.36. The van der Waals surface area contributed by atoms with Crippen LogP contribution in [0.4, 0.5) is 5.69 Å². The van der Waals surface area contributed by atoms with E-state index in [2.05, 4.69) is 12.2 Å². The van der Waals surface area contributed by atoms with Crippen LogP contribution in [-0.4, -0.2) is 18.5 Å². The molecule has 0 atom stereocenters. The molecule has 0 saturated heterocycles. The van der Waals surface area contributed by atoms with Gasteiger partial charge in [0.05, 0.1) is 6.61 Å². The van der Waals surface area contributed by atoms with Crippen LogP contribution in [0.25, 0.3) is 0 Å².